The van der Waals surface area contributed by atoms with Crippen LogP contribution in [0.2, 0.25) is 0 Å². The quantitative estimate of drug-likeness (QED) is 0.295. The Hall–Kier alpha value is -3.38. The fourth-order valence-electron chi connectivity index (χ4n) is 3.80. The van der Waals surface area contributed by atoms with Crippen molar-refractivity contribution in [2.45, 2.75) is 33.2 Å². The van der Waals surface area contributed by atoms with Crippen molar-refractivity contribution in [3.05, 3.63) is 87.1 Å². The van der Waals surface area contributed by atoms with E-state index in [1.165, 1.54) is 16.2 Å². The molecular formula is C26H25NO4S. The predicted molar refractivity (Wildman–Crippen MR) is 127 cm³/mol. The van der Waals surface area contributed by atoms with Crippen molar-refractivity contribution in [1.82, 2.24) is 0 Å². The molecule has 1 fully saturated rings. The largest absolute Gasteiger partial charge is 0.507 e. The number of Topliss-reactive ketones (excluding diaryl/α,β-unsaturated/α-hetero) is 1. The van der Waals surface area contributed by atoms with Crippen molar-refractivity contribution in [1.29, 1.82) is 0 Å². The van der Waals surface area contributed by atoms with Crippen molar-refractivity contribution in [2.75, 3.05) is 11.5 Å². The van der Waals surface area contributed by atoms with Gasteiger partial charge < -0.3 is 9.84 Å². The van der Waals surface area contributed by atoms with E-state index in [9.17, 15) is 14.7 Å². The lowest BCUT2D eigenvalue weighted by atomic mass is 9.98. The number of rotatable bonds is 6. The number of thiophene rings is 1. The maximum absolute atomic E-state index is 13.2. The minimum absolute atomic E-state index is 0.100. The zero-order chi connectivity index (χ0) is 22.8. The Morgan fingerprint density at radius 2 is 1.72 bits per heavy atom. The van der Waals surface area contributed by atoms with Gasteiger partial charge in [-0.3, -0.25) is 14.5 Å². The number of aliphatic hydroxyl groups excluding tert-OH is 1. The Bertz CT molecular complexity index is 1180. The first-order valence-corrected chi connectivity index (χ1v) is 11.4. The maximum Gasteiger partial charge on any atom is 0.300 e. The number of ether oxygens (including phenoxy) is 1. The van der Waals surface area contributed by atoms with E-state index < -0.39 is 17.7 Å². The summed E-state index contributed by atoms with van der Waals surface area (Å²) in [4.78, 5) is 28.7. The summed E-state index contributed by atoms with van der Waals surface area (Å²) in [7, 11) is 0. The van der Waals surface area contributed by atoms with Gasteiger partial charge in [-0.25, -0.2) is 0 Å². The monoisotopic (exact) mass is 447 g/mol. The smallest absolute Gasteiger partial charge is 0.300 e. The van der Waals surface area contributed by atoms with Gasteiger partial charge in [-0.2, -0.15) is 0 Å². The highest BCUT2D eigenvalue weighted by atomic mass is 32.1. The molecule has 0 radical (unpaired) electrons. The van der Waals surface area contributed by atoms with Crippen molar-refractivity contribution in [3.8, 4) is 5.75 Å². The summed E-state index contributed by atoms with van der Waals surface area (Å²) in [5, 5.41) is 13.1. The molecule has 0 bridgehead atoms. The average molecular weight is 448 g/mol. The first-order chi connectivity index (χ1) is 15.4. The van der Waals surface area contributed by atoms with Gasteiger partial charge in [0.15, 0.2) is 0 Å². The molecule has 1 amide bonds. The lowest BCUT2D eigenvalue weighted by Crippen LogP contribution is -2.29. The van der Waals surface area contributed by atoms with Gasteiger partial charge in [0.1, 0.15) is 17.6 Å². The predicted octanol–water partition coefficient (Wildman–Crippen LogP) is 5.78. The number of carbonyl (C=O) groups excluding carboxylic acids is 2. The van der Waals surface area contributed by atoms with Gasteiger partial charge in [-0.15, -0.1) is 11.3 Å². The summed E-state index contributed by atoms with van der Waals surface area (Å²) < 4.78 is 5.61. The van der Waals surface area contributed by atoms with Crippen LogP contribution in [0.4, 0.5) is 5.69 Å². The van der Waals surface area contributed by atoms with Crippen molar-refractivity contribution in [3.63, 3.8) is 0 Å². The van der Waals surface area contributed by atoms with E-state index in [1.54, 1.807) is 24.3 Å². The molecule has 1 aliphatic heterocycles. The molecule has 164 valence electrons. The second-order valence-electron chi connectivity index (χ2n) is 7.85. The third-order valence-corrected chi connectivity index (χ3v) is 6.58. The number of aliphatic hydroxyl groups is 1. The van der Waals surface area contributed by atoms with Crippen molar-refractivity contribution in [2.24, 2.45) is 0 Å². The summed E-state index contributed by atoms with van der Waals surface area (Å²) >= 11 is 1.47. The SMILES string of the molecule is CCCOc1ccc(/C(O)=C2/C(=O)C(=O)N(c3ccc(C)cc3)C2c2sccc2C)cc1. The van der Waals surface area contributed by atoms with Gasteiger partial charge in [-0.05, 0) is 73.7 Å². The van der Waals surface area contributed by atoms with Crippen LogP contribution in [0.25, 0.3) is 5.76 Å². The second-order valence-corrected chi connectivity index (χ2v) is 8.79. The number of aryl methyl sites for hydroxylation is 2. The van der Waals surface area contributed by atoms with Gasteiger partial charge >= 0.3 is 0 Å². The number of hydrogen-bond acceptors (Lipinski definition) is 5. The molecule has 6 heteroatoms. The van der Waals surface area contributed by atoms with Gasteiger partial charge in [0.2, 0.25) is 0 Å². The minimum Gasteiger partial charge on any atom is -0.507 e. The standard InChI is InChI=1S/C26H25NO4S/c1-4-14-31-20-11-7-18(8-12-20)23(28)21-22(25-17(3)13-15-32-25)27(26(30)24(21)29)19-9-5-16(2)6-10-19/h5-13,15,22,28H,4,14H2,1-3H3/b23-21-. The lowest BCUT2D eigenvalue weighted by Gasteiger charge is -2.25. The number of benzene rings is 2. The minimum atomic E-state index is -0.688. The van der Waals surface area contributed by atoms with Gasteiger partial charge in [-0.1, -0.05) is 24.6 Å². The van der Waals surface area contributed by atoms with E-state index >= 15 is 0 Å². The molecule has 0 aliphatic carbocycles. The molecule has 0 saturated carbocycles. The fourth-order valence-corrected chi connectivity index (χ4v) is 4.83. The fraction of sp³-hybridized carbons (Fsp3) is 0.231. The van der Waals surface area contributed by atoms with E-state index in [2.05, 4.69) is 0 Å². The molecule has 0 spiro atoms. The summed E-state index contributed by atoms with van der Waals surface area (Å²) in [6.45, 7) is 6.54. The Kier molecular flexibility index (Phi) is 6.15. The Labute approximate surface area is 191 Å². The number of ketones is 1. The zero-order valence-corrected chi connectivity index (χ0v) is 19.1. The lowest BCUT2D eigenvalue weighted by molar-refractivity contribution is -0.132. The van der Waals surface area contributed by atoms with E-state index in [-0.39, 0.29) is 11.3 Å². The molecule has 3 aromatic rings. The molecule has 1 aliphatic rings. The van der Waals surface area contributed by atoms with Crippen LogP contribution in [0.5, 0.6) is 5.75 Å². The zero-order valence-electron chi connectivity index (χ0n) is 18.3. The van der Waals surface area contributed by atoms with Crippen molar-refractivity contribution < 1.29 is 19.4 Å². The van der Waals surface area contributed by atoms with Crippen LogP contribution in [0.3, 0.4) is 0 Å². The van der Waals surface area contributed by atoms with Crippen LogP contribution in [-0.4, -0.2) is 23.4 Å². The van der Waals surface area contributed by atoms with E-state index in [1.807, 2.05) is 56.5 Å². The van der Waals surface area contributed by atoms with E-state index in [0.717, 1.165) is 22.4 Å². The Morgan fingerprint density at radius 1 is 1.03 bits per heavy atom. The topological polar surface area (TPSA) is 66.8 Å². The molecule has 1 N–H and O–H groups in total. The maximum atomic E-state index is 13.2. The van der Waals surface area contributed by atoms with E-state index in [0.29, 0.717) is 23.6 Å². The highest BCUT2D eigenvalue weighted by molar-refractivity contribution is 7.10. The van der Waals surface area contributed by atoms with Crippen LogP contribution in [0.15, 0.2) is 65.6 Å². The summed E-state index contributed by atoms with van der Waals surface area (Å²) in [5.74, 6) is -0.824. The van der Waals surface area contributed by atoms with Gasteiger partial charge in [0.25, 0.3) is 11.7 Å². The highest BCUT2D eigenvalue weighted by Crippen LogP contribution is 2.44. The molecule has 4 rings (SSSR count). The normalized spacial score (nSPS) is 17.7. The van der Waals surface area contributed by atoms with Gasteiger partial charge in [0, 0.05) is 16.1 Å². The third-order valence-electron chi connectivity index (χ3n) is 5.51. The average Bonchev–Trinajstić information content (AvgIpc) is 3.33. The molecule has 2 aromatic carbocycles. The molecule has 2 heterocycles. The van der Waals surface area contributed by atoms with Crippen LogP contribution < -0.4 is 9.64 Å². The first kappa shape index (κ1) is 21.8. The molecule has 1 atom stereocenters. The molecule has 1 unspecified atom stereocenters. The van der Waals surface area contributed by atoms with Crippen LogP contribution in [-0.2, 0) is 9.59 Å². The van der Waals surface area contributed by atoms with Crippen molar-refractivity contribution >= 4 is 34.5 Å². The molecule has 5 nitrogen and oxygen atoms in total. The molecule has 32 heavy (non-hydrogen) atoms. The van der Waals surface area contributed by atoms with Gasteiger partial charge in [0.05, 0.1) is 12.2 Å². The van der Waals surface area contributed by atoms with Crippen LogP contribution in [0.1, 0.15) is 41.0 Å². The first-order valence-electron chi connectivity index (χ1n) is 10.6. The van der Waals surface area contributed by atoms with Crippen LogP contribution >= 0.6 is 11.3 Å². The highest BCUT2D eigenvalue weighted by Gasteiger charge is 2.47. The Morgan fingerprint density at radius 3 is 2.31 bits per heavy atom. The number of carbonyl (C=O) groups is 2. The number of hydrogen-bond donors (Lipinski definition) is 1. The second kappa shape index (κ2) is 9.01. The summed E-state index contributed by atoms with van der Waals surface area (Å²) in [6, 6.07) is 15.7. The number of nitrogens with zero attached hydrogens (tertiary/aromatic N) is 1. The Balaban J connectivity index is 1.83. The third kappa shape index (κ3) is 3.94. The van der Waals surface area contributed by atoms with E-state index in [4.69, 9.17) is 4.74 Å². The number of amides is 1. The molecule has 1 aromatic heterocycles. The summed E-state index contributed by atoms with van der Waals surface area (Å²) in [6.07, 6.45) is 0.893. The number of anilines is 1. The molecule has 1 saturated heterocycles. The summed E-state index contributed by atoms with van der Waals surface area (Å²) in [5.41, 5.74) is 3.21. The molecular weight excluding hydrogens is 422 g/mol. The van der Waals surface area contributed by atoms with Crippen LogP contribution in [0, 0.1) is 13.8 Å².